The van der Waals surface area contributed by atoms with Crippen LogP contribution in [0.2, 0.25) is 0 Å². The van der Waals surface area contributed by atoms with E-state index >= 15 is 0 Å². The number of benzene rings is 1. The number of hydrogen-bond acceptors (Lipinski definition) is 6. The van der Waals surface area contributed by atoms with E-state index in [1.165, 1.54) is 4.80 Å². The lowest BCUT2D eigenvalue weighted by atomic mass is 10.1. The Labute approximate surface area is 189 Å². The highest BCUT2D eigenvalue weighted by atomic mass is 16.3. The van der Waals surface area contributed by atoms with Gasteiger partial charge in [0.05, 0.1) is 29.3 Å². The molecule has 1 fully saturated rings. The van der Waals surface area contributed by atoms with Gasteiger partial charge >= 0.3 is 0 Å². The monoisotopic (exact) mass is 436 g/mol. The molecule has 0 radical (unpaired) electrons. The van der Waals surface area contributed by atoms with Gasteiger partial charge in [-0.2, -0.15) is 15.0 Å². The Morgan fingerprint density at radius 1 is 0.938 bits per heavy atom. The van der Waals surface area contributed by atoms with Gasteiger partial charge in [0, 0.05) is 26.2 Å². The highest BCUT2D eigenvalue weighted by Crippen LogP contribution is 2.22. The number of anilines is 1. The van der Waals surface area contributed by atoms with Crippen molar-refractivity contribution in [3.8, 4) is 5.69 Å². The molecule has 1 amide bonds. The van der Waals surface area contributed by atoms with Crippen LogP contribution < -0.4 is 4.90 Å². The average Bonchev–Trinajstić information content (AvgIpc) is 3.24. The molecule has 1 N–H and O–H groups in total. The number of aliphatic hydroxyl groups is 1. The Balaban J connectivity index is 0.00000141. The third-order valence-electron chi connectivity index (χ3n) is 5.24. The summed E-state index contributed by atoms with van der Waals surface area (Å²) >= 11 is 0. The summed E-state index contributed by atoms with van der Waals surface area (Å²) in [6.07, 6.45) is 4.03. The van der Waals surface area contributed by atoms with Crippen molar-refractivity contribution in [3.05, 3.63) is 66.1 Å². The molecule has 2 aromatic heterocycles. The van der Waals surface area contributed by atoms with Crippen LogP contribution in [-0.2, 0) is 5.60 Å². The maximum atomic E-state index is 13.3. The van der Waals surface area contributed by atoms with Crippen molar-refractivity contribution in [3.63, 3.8) is 0 Å². The number of carbonyl (C=O) groups is 1. The van der Waals surface area contributed by atoms with Crippen molar-refractivity contribution in [2.75, 3.05) is 31.1 Å². The van der Waals surface area contributed by atoms with Crippen LogP contribution in [0.3, 0.4) is 0 Å². The number of hydrogen-bond donors (Lipinski definition) is 1. The second-order valence-electron chi connectivity index (χ2n) is 7.91. The summed E-state index contributed by atoms with van der Waals surface area (Å²) in [6, 6.07) is 13.1. The normalized spacial score (nSPS) is 14.4. The fraction of sp³-hybridized carbons (Fsp3) is 0.417. The molecule has 32 heavy (non-hydrogen) atoms. The second kappa shape index (κ2) is 10.4. The lowest BCUT2D eigenvalue weighted by Crippen LogP contribution is -2.36. The molecule has 1 aromatic carbocycles. The third kappa shape index (κ3) is 5.31. The fourth-order valence-electron chi connectivity index (χ4n) is 3.63. The van der Waals surface area contributed by atoms with Crippen LogP contribution in [-0.4, -0.2) is 62.1 Å². The van der Waals surface area contributed by atoms with E-state index in [2.05, 4.69) is 20.1 Å². The Kier molecular flexibility index (Phi) is 7.58. The number of carbonyl (C=O) groups excluding carboxylic acids is 1. The molecule has 1 saturated heterocycles. The van der Waals surface area contributed by atoms with Crippen molar-refractivity contribution in [1.82, 2.24) is 24.9 Å². The zero-order chi connectivity index (χ0) is 23.1. The molecule has 170 valence electrons. The van der Waals surface area contributed by atoms with Gasteiger partial charge in [-0.1, -0.05) is 32.0 Å². The van der Waals surface area contributed by atoms with Crippen LogP contribution in [0.25, 0.3) is 5.69 Å². The second-order valence-corrected chi connectivity index (χ2v) is 7.91. The van der Waals surface area contributed by atoms with E-state index in [0.29, 0.717) is 36.6 Å². The van der Waals surface area contributed by atoms with Gasteiger partial charge in [-0.25, -0.2) is 4.98 Å². The molecule has 1 aliphatic heterocycles. The third-order valence-corrected chi connectivity index (χ3v) is 5.24. The van der Waals surface area contributed by atoms with E-state index in [-0.39, 0.29) is 5.91 Å². The molecule has 8 heteroatoms. The molecule has 4 rings (SSSR count). The van der Waals surface area contributed by atoms with E-state index in [1.54, 1.807) is 26.2 Å². The average molecular weight is 437 g/mol. The summed E-state index contributed by atoms with van der Waals surface area (Å²) < 4.78 is 0. The topological polar surface area (TPSA) is 87.4 Å². The molecular formula is C24H32N6O2. The Bertz CT molecular complexity index is 1010. The summed E-state index contributed by atoms with van der Waals surface area (Å²) in [6.45, 7) is 10.2. The minimum atomic E-state index is -0.992. The zero-order valence-corrected chi connectivity index (χ0v) is 19.3. The molecule has 0 aliphatic carbocycles. The lowest BCUT2D eigenvalue weighted by molar-refractivity contribution is 0.0739. The number of nitrogens with zero attached hydrogens (tertiary/aromatic N) is 6. The standard InChI is InChI=1S/C22H26N6O2.C2H6/c1-22(2,30)19-9-5-10-20(25-19)26-13-6-14-27(16-15-26)21(29)17-7-3-4-8-18(17)28-23-11-12-24-28;1-2/h3-5,7-12,30H,6,13-16H2,1-2H3;1-2H3. The number of amides is 1. The van der Waals surface area contributed by atoms with Crippen LogP contribution in [0, 0.1) is 0 Å². The fourth-order valence-corrected chi connectivity index (χ4v) is 3.63. The minimum absolute atomic E-state index is 0.0250. The highest BCUT2D eigenvalue weighted by molar-refractivity contribution is 5.97. The maximum Gasteiger partial charge on any atom is 0.256 e. The van der Waals surface area contributed by atoms with Gasteiger partial charge in [-0.3, -0.25) is 4.79 Å². The van der Waals surface area contributed by atoms with Gasteiger partial charge in [0.15, 0.2) is 0 Å². The predicted octanol–water partition coefficient (Wildman–Crippen LogP) is 3.27. The number of para-hydroxylation sites is 1. The van der Waals surface area contributed by atoms with Crippen molar-refractivity contribution < 1.29 is 9.90 Å². The molecule has 3 heterocycles. The number of aromatic nitrogens is 4. The lowest BCUT2D eigenvalue weighted by Gasteiger charge is -2.25. The molecule has 0 unspecified atom stereocenters. The first-order valence-electron chi connectivity index (χ1n) is 11.1. The molecule has 0 bridgehead atoms. The van der Waals surface area contributed by atoms with Gasteiger partial charge in [-0.05, 0) is 44.5 Å². The molecule has 0 saturated carbocycles. The zero-order valence-electron chi connectivity index (χ0n) is 19.3. The number of rotatable bonds is 4. The van der Waals surface area contributed by atoms with Crippen molar-refractivity contribution >= 4 is 11.7 Å². The largest absolute Gasteiger partial charge is 0.384 e. The van der Waals surface area contributed by atoms with Crippen LogP contribution in [0.4, 0.5) is 5.82 Å². The van der Waals surface area contributed by atoms with Crippen LogP contribution in [0.1, 0.15) is 50.2 Å². The van der Waals surface area contributed by atoms with Gasteiger partial charge in [0.2, 0.25) is 0 Å². The first-order chi connectivity index (χ1) is 15.4. The van der Waals surface area contributed by atoms with Crippen molar-refractivity contribution in [2.45, 2.75) is 39.7 Å². The predicted molar refractivity (Wildman–Crippen MR) is 125 cm³/mol. The first-order valence-corrected chi connectivity index (χ1v) is 11.1. The van der Waals surface area contributed by atoms with Gasteiger partial charge in [0.25, 0.3) is 5.91 Å². The summed E-state index contributed by atoms with van der Waals surface area (Å²) in [4.78, 5) is 23.4. The molecule has 1 aliphatic rings. The number of pyridine rings is 1. The highest BCUT2D eigenvalue weighted by Gasteiger charge is 2.24. The van der Waals surface area contributed by atoms with Crippen LogP contribution in [0.15, 0.2) is 54.9 Å². The molecular weight excluding hydrogens is 404 g/mol. The maximum absolute atomic E-state index is 13.3. The van der Waals surface area contributed by atoms with E-state index in [4.69, 9.17) is 0 Å². The Hall–Kier alpha value is -3.26. The molecule has 0 spiro atoms. The minimum Gasteiger partial charge on any atom is -0.384 e. The Morgan fingerprint density at radius 2 is 1.66 bits per heavy atom. The molecule has 8 nitrogen and oxygen atoms in total. The van der Waals surface area contributed by atoms with Gasteiger partial charge in [0.1, 0.15) is 11.4 Å². The van der Waals surface area contributed by atoms with Crippen LogP contribution >= 0.6 is 0 Å². The van der Waals surface area contributed by atoms with Crippen molar-refractivity contribution in [1.29, 1.82) is 0 Å². The van der Waals surface area contributed by atoms with E-state index in [9.17, 15) is 9.90 Å². The summed E-state index contributed by atoms with van der Waals surface area (Å²) in [5.74, 6) is 0.799. The summed E-state index contributed by atoms with van der Waals surface area (Å²) in [5.41, 5.74) is 0.906. The summed E-state index contributed by atoms with van der Waals surface area (Å²) in [7, 11) is 0. The van der Waals surface area contributed by atoms with Gasteiger partial charge < -0.3 is 14.9 Å². The first kappa shape index (κ1) is 23.4. The van der Waals surface area contributed by atoms with Crippen LogP contribution in [0.5, 0.6) is 0 Å². The van der Waals surface area contributed by atoms with E-state index < -0.39 is 5.60 Å². The SMILES string of the molecule is CC.CC(C)(O)c1cccc(N2CCCN(C(=O)c3ccccc3-n3nccn3)CC2)n1. The molecule has 3 aromatic rings. The quantitative estimate of drug-likeness (QED) is 0.675. The Morgan fingerprint density at radius 3 is 2.38 bits per heavy atom. The summed E-state index contributed by atoms with van der Waals surface area (Å²) in [5, 5.41) is 18.6. The van der Waals surface area contributed by atoms with E-state index in [1.807, 2.05) is 61.2 Å². The van der Waals surface area contributed by atoms with Crippen molar-refractivity contribution in [2.24, 2.45) is 0 Å². The smallest absolute Gasteiger partial charge is 0.256 e. The van der Waals surface area contributed by atoms with Gasteiger partial charge in [-0.15, -0.1) is 0 Å². The molecule has 0 atom stereocenters. The van der Waals surface area contributed by atoms with E-state index in [0.717, 1.165) is 18.8 Å².